The van der Waals surface area contributed by atoms with Crippen LogP contribution in [0.3, 0.4) is 0 Å². The van der Waals surface area contributed by atoms with Crippen LogP contribution < -0.4 is 10.1 Å². The summed E-state index contributed by atoms with van der Waals surface area (Å²) in [6.07, 6.45) is 1.58. The first-order chi connectivity index (χ1) is 10.2. The van der Waals surface area contributed by atoms with Gasteiger partial charge in [0.2, 0.25) is 0 Å². The second-order valence-electron chi connectivity index (χ2n) is 5.39. The van der Waals surface area contributed by atoms with Crippen LogP contribution >= 0.6 is 0 Å². The number of rotatable bonds is 7. The van der Waals surface area contributed by atoms with Gasteiger partial charge in [0.15, 0.2) is 5.82 Å². The molecule has 0 unspecified atom stereocenters. The molecule has 2 rings (SSSR count). The molecule has 0 aliphatic carbocycles. The Morgan fingerprint density at radius 3 is 2.67 bits per heavy atom. The van der Waals surface area contributed by atoms with Gasteiger partial charge in [-0.25, -0.2) is 9.37 Å². The van der Waals surface area contributed by atoms with E-state index in [0.717, 1.165) is 12.1 Å². The Kier molecular flexibility index (Phi) is 5.69. The number of aromatic nitrogens is 1. The minimum absolute atomic E-state index is 0.0581. The van der Waals surface area contributed by atoms with Gasteiger partial charge in [-0.1, -0.05) is 44.2 Å². The lowest BCUT2D eigenvalue weighted by atomic mass is 10.2. The van der Waals surface area contributed by atoms with Crippen molar-refractivity contribution in [1.82, 2.24) is 10.3 Å². The molecule has 0 fully saturated rings. The zero-order valence-electron chi connectivity index (χ0n) is 12.5. The molecule has 0 spiro atoms. The number of benzene rings is 1. The van der Waals surface area contributed by atoms with Gasteiger partial charge in [0.25, 0.3) is 5.88 Å². The van der Waals surface area contributed by atoms with E-state index in [4.69, 9.17) is 4.74 Å². The van der Waals surface area contributed by atoms with Crippen LogP contribution in [0.1, 0.15) is 25.0 Å². The average molecular weight is 288 g/mol. The largest absolute Gasteiger partial charge is 0.471 e. The van der Waals surface area contributed by atoms with E-state index in [2.05, 4.69) is 24.1 Å². The van der Waals surface area contributed by atoms with Crippen molar-refractivity contribution < 1.29 is 9.13 Å². The lowest BCUT2D eigenvalue weighted by molar-refractivity contribution is 0.276. The third-order valence-electron chi connectivity index (χ3n) is 3.02. The van der Waals surface area contributed by atoms with Crippen LogP contribution in [0.15, 0.2) is 42.6 Å². The van der Waals surface area contributed by atoms with Crippen molar-refractivity contribution in [3.05, 3.63) is 59.5 Å². The second-order valence-corrected chi connectivity index (χ2v) is 5.39. The van der Waals surface area contributed by atoms with Gasteiger partial charge in [-0.15, -0.1) is 0 Å². The first-order valence-electron chi connectivity index (χ1n) is 7.17. The molecule has 21 heavy (non-hydrogen) atoms. The molecule has 4 heteroatoms. The number of hydrogen-bond donors (Lipinski definition) is 1. The quantitative estimate of drug-likeness (QED) is 0.846. The SMILES string of the molecule is CC(C)CNCc1ccnc(OCc2ccccc2)c1F. The fourth-order valence-corrected chi connectivity index (χ4v) is 1.92. The highest BCUT2D eigenvalue weighted by Gasteiger charge is 2.10. The lowest BCUT2D eigenvalue weighted by Gasteiger charge is -2.11. The monoisotopic (exact) mass is 288 g/mol. The first-order valence-corrected chi connectivity index (χ1v) is 7.17. The first kappa shape index (κ1) is 15.4. The van der Waals surface area contributed by atoms with Crippen LogP contribution in [0.2, 0.25) is 0 Å². The van der Waals surface area contributed by atoms with Crippen LogP contribution in [-0.4, -0.2) is 11.5 Å². The van der Waals surface area contributed by atoms with E-state index in [0.29, 0.717) is 24.6 Å². The fraction of sp³-hybridized carbons (Fsp3) is 0.353. The molecule has 0 atom stereocenters. The Labute approximate surface area is 125 Å². The standard InChI is InChI=1S/C17H21FN2O/c1-13(2)10-19-11-15-8-9-20-17(16(15)18)21-12-14-6-4-3-5-7-14/h3-9,13,19H,10-12H2,1-2H3. The van der Waals surface area contributed by atoms with Gasteiger partial charge in [-0.05, 0) is 24.1 Å². The molecular formula is C17H21FN2O. The summed E-state index contributed by atoms with van der Waals surface area (Å²) in [4.78, 5) is 3.97. The molecule has 0 bridgehead atoms. The topological polar surface area (TPSA) is 34.2 Å². The Morgan fingerprint density at radius 2 is 1.95 bits per heavy atom. The molecule has 112 valence electrons. The highest BCUT2D eigenvalue weighted by Crippen LogP contribution is 2.18. The van der Waals surface area contributed by atoms with Gasteiger partial charge >= 0.3 is 0 Å². The predicted octanol–water partition coefficient (Wildman–Crippen LogP) is 3.55. The van der Waals surface area contributed by atoms with Crippen LogP contribution in [0, 0.1) is 11.7 Å². The molecule has 1 N–H and O–H groups in total. The minimum atomic E-state index is -0.385. The number of nitrogens with zero attached hydrogens (tertiary/aromatic N) is 1. The maximum absolute atomic E-state index is 14.3. The van der Waals surface area contributed by atoms with Gasteiger partial charge in [0, 0.05) is 18.3 Å². The predicted molar refractivity (Wildman–Crippen MR) is 81.5 cm³/mol. The Bertz CT molecular complexity index is 558. The molecule has 3 nitrogen and oxygen atoms in total. The van der Waals surface area contributed by atoms with Crippen LogP contribution in [-0.2, 0) is 13.2 Å². The molecule has 2 aromatic rings. The van der Waals surface area contributed by atoms with Crippen molar-refractivity contribution in [2.45, 2.75) is 27.0 Å². The maximum Gasteiger partial charge on any atom is 0.251 e. The molecular weight excluding hydrogens is 267 g/mol. The Morgan fingerprint density at radius 1 is 1.19 bits per heavy atom. The smallest absolute Gasteiger partial charge is 0.251 e. The average Bonchev–Trinajstić information content (AvgIpc) is 2.48. The van der Waals surface area contributed by atoms with Crippen molar-refractivity contribution in [3.8, 4) is 5.88 Å². The number of pyridine rings is 1. The summed E-state index contributed by atoms with van der Waals surface area (Å²) < 4.78 is 19.7. The van der Waals surface area contributed by atoms with E-state index in [9.17, 15) is 4.39 Å². The molecule has 0 saturated heterocycles. The number of halogens is 1. The van der Waals surface area contributed by atoms with Gasteiger partial charge < -0.3 is 10.1 Å². The lowest BCUT2D eigenvalue weighted by Crippen LogP contribution is -2.20. The summed E-state index contributed by atoms with van der Waals surface area (Å²) in [6.45, 7) is 5.87. The number of hydrogen-bond acceptors (Lipinski definition) is 3. The molecule has 0 radical (unpaired) electrons. The van der Waals surface area contributed by atoms with Crippen molar-refractivity contribution in [1.29, 1.82) is 0 Å². The summed E-state index contributed by atoms with van der Waals surface area (Å²) >= 11 is 0. The van der Waals surface area contributed by atoms with E-state index < -0.39 is 0 Å². The summed E-state index contributed by atoms with van der Waals surface area (Å²) in [5.74, 6) is 0.205. The summed E-state index contributed by atoms with van der Waals surface area (Å²) in [5.41, 5.74) is 1.57. The van der Waals surface area contributed by atoms with Crippen LogP contribution in [0.5, 0.6) is 5.88 Å². The summed E-state index contributed by atoms with van der Waals surface area (Å²) in [6, 6.07) is 11.3. The Balaban J connectivity index is 1.97. The van der Waals surface area contributed by atoms with E-state index in [1.807, 2.05) is 30.3 Å². The molecule has 0 aliphatic heterocycles. The molecule has 1 heterocycles. The number of ether oxygens (including phenoxy) is 1. The van der Waals surface area contributed by atoms with Crippen molar-refractivity contribution in [2.24, 2.45) is 5.92 Å². The van der Waals surface area contributed by atoms with E-state index in [1.54, 1.807) is 12.3 Å². The van der Waals surface area contributed by atoms with Gasteiger partial charge in [-0.2, -0.15) is 0 Å². The van der Waals surface area contributed by atoms with Crippen LogP contribution in [0.4, 0.5) is 4.39 Å². The fourth-order valence-electron chi connectivity index (χ4n) is 1.92. The van der Waals surface area contributed by atoms with E-state index in [1.165, 1.54) is 0 Å². The van der Waals surface area contributed by atoms with Crippen molar-refractivity contribution in [3.63, 3.8) is 0 Å². The third kappa shape index (κ3) is 4.83. The summed E-state index contributed by atoms with van der Waals surface area (Å²) in [5, 5.41) is 3.22. The molecule has 1 aromatic heterocycles. The van der Waals surface area contributed by atoms with Gasteiger partial charge in [0.1, 0.15) is 6.61 Å². The summed E-state index contributed by atoms with van der Waals surface area (Å²) in [7, 11) is 0. The Hall–Kier alpha value is -1.94. The molecule has 0 aliphatic rings. The molecule has 0 saturated carbocycles. The highest BCUT2D eigenvalue weighted by atomic mass is 19.1. The zero-order chi connectivity index (χ0) is 15.1. The van der Waals surface area contributed by atoms with Crippen molar-refractivity contribution >= 4 is 0 Å². The molecule has 0 amide bonds. The van der Waals surface area contributed by atoms with Gasteiger partial charge in [0.05, 0.1) is 0 Å². The van der Waals surface area contributed by atoms with E-state index >= 15 is 0 Å². The van der Waals surface area contributed by atoms with E-state index in [-0.39, 0.29) is 11.7 Å². The van der Waals surface area contributed by atoms with Crippen LogP contribution in [0.25, 0.3) is 0 Å². The normalized spacial score (nSPS) is 10.9. The zero-order valence-corrected chi connectivity index (χ0v) is 12.5. The number of nitrogens with one attached hydrogen (secondary N) is 1. The molecule has 1 aromatic carbocycles. The third-order valence-corrected chi connectivity index (χ3v) is 3.02. The van der Waals surface area contributed by atoms with Gasteiger partial charge in [-0.3, -0.25) is 0 Å². The van der Waals surface area contributed by atoms with Crippen molar-refractivity contribution in [2.75, 3.05) is 6.54 Å². The minimum Gasteiger partial charge on any atom is -0.471 e. The highest BCUT2D eigenvalue weighted by molar-refractivity contribution is 5.24. The maximum atomic E-state index is 14.3. The second kappa shape index (κ2) is 7.74.